The van der Waals surface area contributed by atoms with Gasteiger partial charge in [-0.15, -0.1) is 0 Å². The number of rotatable bonds is 1. The summed E-state index contributed by atoms with van der Waals surface area (Å²) in [7, 11) is 0. The van der Waals surface area contributed by atoms with E-state index < -0.39 is 0 Å². The molecule has 0 unspecified atom stereocenters. The standard InChI is InChI=1S/C8H7BrO3/c1-4(10)6-2-5(11)3-7(12)8(6)9/h2-3,11-12H,1H3. The van der Waals surface area contributed by atoms with Crippen LogP contribution in [0.3, 0.4) is 0 Å². The van der Waals surface area contributed by atoms with Crippen LogP contribution in [0.4, 0.5) is 0 Å². The minimum Gasteiger partial charge on any atom is -0.508 e. The summed E-state index contributed by atoms with van der Waals surface area (Å²) < 4.78 is 0.313. The van der Waals surface area contributed by atoms with Gasteiger partial charge in [0.25, 0.3) is 0 Å². The Kier molecular flexibility index (Phi) is 2.38. The molecule has 0 amide bonds. The van der Waals surface area contributed by atoms with Gasteiger partial charge in [0.05, 0.1) is 4.47 Å². The fourth-order valence-electron chi connectivity index (χ4n) is 0.851. The summed E-state index contributed by atoms with van der Waals surface area (Å²) in [5, 5.41) is 18.2. The summed E-state index contributed by atoms with van der Waals surface area (Å²) in [5.74, 6) is -0.478. The molecule has 0 aliphatic heterocycles. The van der Waals surface area contributed by atoms with Crippen molar-refractivity contribution in [3.63, 3.8) is 0 Å². The van der Waals surface area contributed by atoms with E-state index in [-0.39, 0.29) is 22.8 Å². The van der Waals surface area contributed by atoms with E-state index in [2.05, 4.69) is 15.9 Å². The molecule has 2 N–H and O–H groups in total. The van der Waals surface area contributed by atoms with E-state index in [0.717, 1.165) is 6.07 Å². The molecule has 1 aromatic carbocycles. The Morgan fingerprint density at radius 1 is 1.42 bits per heavy atom. The monoisotopic (exact) mass is 230 g/mol. The van der Waals surface area contributed by atoms with Crippen molar-refractivity contribution in [1.82, 2.24) is 0 Å². The second-order valence-corrected chi connectivity index (χ2v) is 3.18. The van der Waals surface area contributed by atoms with Crippen molar-refractivity contribution < 1.29 is 15.0 Å². The van der Waals surface area contributed by atoms with E-state index in [9.17, 15) is 9.90 Å². The molecule has 0 spiro atoms. The molecule has 0 saturated carbocycles. The van der Waals surface area contributed by atoms with Crippen LogP contribution in [0.2, 0.25) is 0 Å². The highest BCUT2D eigenvalue weighted by molar-refractivity contribution is 9.10. The lowest BCUT2D eigenvalue weighted by molar-refractivity contribution is 0.101. The third-order valence-corrected chi connectivity index (χ3v) is 2.25. The molecule has 0 heterocycles. The van der Waals surface area contributed by atoms with Crippen molar-refractivity contribution in [2.45, 2.75) is 6.92 Å². The predicted molar refractivity (Wildman–Crippen MR) is 47.5 cm³/mol. The van der Waals surface area contributed by atoms with E-state index in [1.165, 1.54) is 13.0 Å². The zero-order valence-corrected chi connectivity index (χ0v) is 7.92. The number of hydrogen-bond acceptors (Lipinski definition) is 3. The first kappa shape index (κ1) is 9.06. The average molecular weight is 231 g/mol. The van der Waals surface area contributed by atoms with E-state index in [1.807, 2.05) is 0 Å². The average Bonchev–Trinajstić information content (AvgIpc) is 1.96. The molecule has 0 saturated heterocycles. The van der Waals surface area contributed by atoms with Gasteiger partial charge in [-0.25, -0.2) is 0 Å². The zero-order chi connectivity index (χ0) is 9.30. The number of phenolic OH excluding ortho intramolecular Hbond substituents is 2. The van der Waals surface area contributed by atoms with Crippen molar-refractivity contribution >= 4 is 21.7 Å². The van der Waals surface area contributed by atoms with Crippen LogP contribution in [-0.2, 0) is 0 Å². The molecule has 0 atom stereocenters. The molecule has 3 nitrogen and oxygen atoms in total. The van der Waals surface area contributed by atoms with Gasteiger partial charge in [0, 0.05) is 11.6 Å². The van der Waals surface area contributed by atoms with Crippen molar-refractivity contribution in [2.24, 2.45) is 0 Å². The molecule has 0 aliphatic carbocycles. The van der Waals surface area contributed by atoms with Crippen molar-refractivity contribution in [3.8, 4) is 11.5 Å². The van der Waals surface area contributed by atoms with Gasteiger partial charge in [-0.1, -0.05) is 0 Å². The Morgan fingerprint density at radius 2 is 2.00 bits per heavy atom. The molecule has 12 heavy (non-hydrogen) atoms. The van der Waals surface area contributed by atoms with Crippen molar-refractivity contribution in [2.75, 3.05) is 0 Å². The molecule has 1 rings (SSSR count). The number of phenols is 2. The SMILES string of the molecule is CC(=O)c1cc(O)cc(O)c1Br. The van der Waals surface area contributed by atoms with E-state index in [4.69, 9.17) is 5.11 Å². The Morgan fingerprint density at radius 3 is 2.50 bits per heavy atom. The van der Waals surface area contributed by atoms with Gasteiger partial charge in [-0.2, -0.15) is 0 Å². The maximum Gasteiger partial charge on any atom is 0.161 e. The molecular weight excluding hydrogens is 224 g/mol. The van der Waals surface area contributed by atoms with Crippen LogP contribution >= 0.6 is 15.9 Å². The Hall–Kier alpha value is -1.03. The normalized spacial score (nSPS) is 9.83. The quantitative estimate of drug-likeness (QED) is 0.727. The van der Waals surface area contributed by atoms with Gasteiger partial charge < -0.3 is 10.2 Å². The summed E-state index contributed by atoms with van der Waals surface area (Å²) in [6.45, 7) is 1.36. The molecular formula is C8H7BrO3. The number of carbonyl (C=O) groups is 1. The molecule has 0 aliphatic rings. The minimum absolute atomic E-state index is 0.124. The van der Waals surface area contributed by atoms with Crippen LogP contribution in [0.5, 0.6) is 11.5 Å². The van der Waals surface area contributed by atoms with Crippen LogP contribution in [0, 0.1) is 0 Å². The van der Waals surface area contributed by atoms with Gasteiger partial charge in [-0.3, -0.25) is 4.79 Å². The first-order valence-electron chi connectivity index (χ1n) is 3.25. The lowest BCUT2D eigenvalue weighted by Crippen LogP contribution is -1.93. The van der Waals surface area contributed by atoms with E-state index >= 15 is 0 Å². The number of hydrogen-bond donors (Lipinski definition) is 2. The predicted octanol–water partition coefficient (Wildman–Crippen LogP) is 2.06. The highest BCUT2D eigenvalue weighted by atomic mass is 79.9. The minimum atomic E-state index is -0.215. The van der Waals surface area contributed by atoms with Gasteiger partial charge in [-0.05, 0) is 28.9 Å². The van der Waals surface area contributed by atoms with E-state index in [0.29, 0.717) is 4.47 Å². The highest BCUT2D eigenvalue weighted by Crippen LogP contribution is 2.31. The van der Waals surface area contributed by atoms with Crippen LogP contribution in [-0.4, -0.2) is 16.0 Å². The number of aromatic hydroxyl groups is 2. The molecule has 0 bridgehead atoms. The van der Waals surface area contributed by atoms with Crippen LogP contribution < -0.4 is 0 Å². The molecule has 0 radical (unpaired) electrons. The highest BCUT2D eigenvalue weighted by Gasteiger charge is 2.10. The third kappa shape index (κ3) is 1.58. The van der Waals surface area contributed by atoms with Gasteiger partial charge in [0.2, 0.25) is 0 Å². The lowest BCUT2D eigenvalue weighted by atomic mass is 10.1. The second kappa shape index (κ2) is 3.15. The van der Waals surface area contributed by atoms with Crippen molar-refractivity contribution in [3.05, 3.63) is 22.2 Å². The molecule has 4 heteroatoms. The molecule has 64 valence electrons. The topological polar surface area (TPSA) is 57.5 Å². The number of benzene rings is 1. The van der Waals surface area contributed by atoms with Gasteiger partial charge >= 0.3 is 0 Å². The first-order chi connectivity index (χ1) is 5.52. The summed E-state index contributed by atoms with van der Waals surface area (Å²) in [5.41, 5.74) is 0.271. The maximum atomic E-state index is 10.9. The van der Waals surface area contributed by atoms with Crippen molar-refractivity contribution in [1.29, 1.82) is 0 Å². The number of Topliss-reactive ketones (excluding diaryl/α,β-unsaturated/α-hetero) is 1. The fourth-order valence-corrected chi connectivity index (χ4v) is 1.36. The molecule has 1 aromatic rings. The summed E-state index contributed by atoms with van der Waals surface area (Å²) in [4.78, 5) is 10.9. The van der Waals surface area contributed by atoms with Gasteiger partial charge in [0.1, 0.15) is 11.5 Å². The fraction of sp³-hybridized carbons (Fsp3) is 0.125. The smallest absolute Gasteiger partial charge is 0.161 e. The molecule has 0 fully saturated rings. The van der Waals surface area contributed by atoms with E-state index in [1.54, 1.807) is 0 Å². The number of carbonyl (C=O) groups excluding carboxylic acids is 1. The number of halogens is 1. The lowest BCUT2D eigenvalue weighted by Gasteiger charge is -2.03. The van der Waals surface area contributed by atoms with Crippen LogP contribution in [0.1, 0.15) is 17.3 Å². The number of ketones is 1. The first-order valence-corrected chi connectivity index (χ1v) is 4.04. The largest absolute Gasteiger partial charge is 0.508 e. The third-order valence-electron chi connectivity index (χ3n) is 1.42. The Balaban J connectivity index is 3.37. The Labute approximate surface area is 77.8 Å². The maximum absolute atomic E-state index is 10.9. The zero-order valence-electron chi connectivity index (χ0n) is 6.34. The summed E-state index contributed by atoms with van der Waals surface area (Å²) >= 11 is 3.03. The molecule has 0 aromatic heterocycles. The Bertz CT molecular complexity index is 333. The summed E-state index contributed by atoms with van der Waals surface area (Å²) in [6.07, 6.45) is 0. The second-order valence-electron chi connectivity index (χ2n) is 2.38. The van der Waals surface area contributed by atoms with Gasteiger partial charge in [0.15, 0.2) is 5.78 Å². The van der Waals surface area contributed by atoms with Crippen LogP contribution in [0.15, 0.2) is 16.6 Å². The van der Waals surface area contributed by atoms with Crippen LogP contribution in [0.25, 0.3) is 0 Å². The summed E-state index contributed by atoms with van der Waals surface area (Å²) in [6, 6.07) is 2.46.